The Bertz CT molecular complexity index is 424. The lowest BCUT2D eigenvalue weighted by Gasteiger charge is -2.22. The maximum Gasteiger partial charge on any atom is 0.242 e. The van der Waals surface area contributed by atoms with Crippen molar-refractivity contribution in [2.75, 3.05) is 23.4 Å². The molecule has 0 saturated carbocycles. The smallest absolute Gasteiger partial charge is 0.242 e. The van der Waals surface area contributed by atoms with Crippen molar-refractivity contribution in [3.63, 3.8) is 0 Å². The summed E-state index contributed by atoms with van der Waals surface area (Å²) in [6.07, 6.45) is 0. The van der Waals surface area contributed by atoms with E-state index in [4.69, 9.17) is 11.6 Å². The molecular formula is C11H12ClFN2OS. The maximum absolute atomic E-state index is 13.2. The summed E-state index contributed by atoms with van der Waals surface area (Å²) in [6, 6.07) is 4.01. The monoisotopic (exact) mass is 274 g/mol. The molecule has 1 atom stereocenters. The molecule has 2 N–H and O–H groups in total. The highest BCUT2D eigenvalue weighted by Crippen LogP contribution is 2.19. The molecule has 0 radical (unpaired) electrons. The van der Waals surface area contributed by atoms with Gasteiger partial charge in [-0.25, -0.2) is 4.39 Å². The molecule has 1 saturated heterocycles. The Morgan fingerprint density at radius 1 is 1.59 bits per heavy atom. The molecule has 1 aromatic carbocycles. The van der Waals surface area contributed by atoms with E-state index in [0.717, 1.165) is 18.1 Å². The molecule has 1 fully saturated rings. The summed E-state index contributed by atoms with van der Waals surface area (Å²) in [7, 11) is 0. The van der Waals surface area contributed by atoms with Gasteiger partial charge in [-0.2, -0.15) is 11.8 Å². The van der Waals surface area contributed by atoms with Gasteiger partial charge >= 0.3 is 0 Å². The molecule has 6 heteroatoms. The molecule has 1 aliphatic heterocycles. The lowest BCUT2D eigenvalue weighted by molar-refractivity contribution is -0.117. The van der Waals surface area contributed by atoms with Crippen LogP contribution in [-0.4, -0.2) is 30.0 Å². The maximum atomic E-state index is 13.2. The Labute approximate surface area is 108 Å². The van der Waals surface area contributed by atoms with Gasteiger partial charge in [-0.15, -0.1) is 0 Å². The van der Waals surface area contributed by atoms with Gasteiger partial charge in [-0.3, -0.25) is 4.79 Å². The van der Waals surface area contributed by atoms with Gasteiger partial charge in [0.15, 0.2) is 0 Å². The molecule has 0 aliphatic carbocycles. The van der Waals surface area contributed by atoms with Gasteiger partial charge in [0.1, 0.15) is 5.82 Å². The van der Waals surface area contributed by atoms with Crippen LogP contribution in [0.4, 0.5) is 10.1 Å². The van der Waals surface area contributed by atoms with E-state index in [9.17, 15) is 9.18 Å². The number of thioether (sulfide) groups is 1. The molecule has 1 aliphatic rings. The van der Waals surface area contributed by atoms with Gasteiger partial charge in [0, 0.05) is 23.7 Å². The molecule has 3 nitrogen and oxygen atoms in total. The number of carbonyl (C=O) groups excluding carboxylic acids is 1. The number of anilines is 1. The summed E-state index contributed by atoms with van der Waals surface area (Å²) in [5.41, 5.74) is 0.425. The van der Waals surface area contributed by atoms with Gasteiger partial charge in [0.2, 0.25) is 5.91 Å². The Balaban J connectivity index is 1.99. The normalized spacial score (nSPS) is 20.0. The largest absolute Gasteiger partial charge is 0.325 e. The first-order valence-electron chi connectivity index (χ1n) is 5.24. The number of hydrogen-bond donors (Lipinski definition) is 2. The van der Waals surface area contributed by atoms with Crippen LogP contribution in [0.1, 0.15) is 0 Å². The third-order valence-electron chi connectivity index (χ3n) is 2.43. The quantitative estimate of drug-likeness (QED) is 0.868. The van der Waals surface area contributed by atoms with Gasteiger partial charge < -0.3 is 10.6 Å². The highest BCUT2D eigenvalue weighted by molar-refractivity contribution is 7.99. The molecule has 1 aromatic rings. The minimum absolute atomic E-state index is 0.0503. The summed E-state index contributed by atoms with van der Waals surface area (Å²) in [5, 5.41) is 5.83. The summed E-state index contributed by atoms with van der Waals surface area (Å²) in [4.78, 5) is 11.8. The van der Waals surface area contributed by atoms with Gasteiger partial charge in [-0.05, 0) is 18.2 Å². The minimum atomic E-state index is -0.532. The van der Waals surface area contributed by atoms with E-state index in [1.807, 2.05) is 0 Å². The molecule has 17 heavy (non-hydrogen) atoms. The van der Waals surface area contributed by atoms with Crippen LogP contribution in [0.3, 0.4) is 0 Å². The first kappa shape index (κ1) is 12.7. The average Bonchev–Trinajstić information content (AvgIpc) is 2.35. The molecule has 0 spiro atoms. The zero-order valence-corrected chi connectivity index (χ0v) is 10.6. The zero-order chi connectivity index (χ0) is 12.3. The van der Waals surface area contributed by atoms with E-state index in [-0.39, 0.29) is 17.0 Å². The number of nitrogens with one attached hydrogen (secondary N) is 2. The lowest BCUT2D eigenvalue weighted by atomic mass is 10.2. The van der Waals surface area contributed by atoms with Crippen molar-refractivity contribution in [3.8, 4) is 0 Å². The van der Waals surface area contributed by atoms with Crippen LogP contribution in [0.5, 0.6) is 0 Å². The molecule has 2 rings (SSSR count). The van der Waals surface area contributed by atoms with Crippen molar-refractivity contribution in [2.24, 2.45) is 0 Å². The Hall–Kier alpha value is -0.780. The Morgan fingerprint density at radius 2 is 2.41 bits per heavy atom. The van der Waals surface area contributed by atoms with Crippen LogP contribution in [0, 0.1) is 5.82 Å². The van der Waals surface area contributed by atoms with E-state index in [1.54, 1.807) is 17.8 Å². The highest BCUT2D eigenvalue weighted by Gasteiger charge is 2.20. The standard InChI is InChI=1S/C11H12ClFN2OS/c12-8-2-1-7(5-9(8)13)15-11(16)10-6-17-4-3-14-10/h1-2,5,10,14H,3-4,6H2,(H,15,16). The number of rotatable bonds is 2. The average molecular weight is 275 g/mol. The van der Waals surface area contributed by atoms with Crippen LogP contribution in [0.2, 0.25) is 5.02 Å². The van der Waals surface area contributed by atoms with Crippen LogP contribution in [0.25, 0.3) is 0 Å². The van der Waals surface area contributed by atoms with Crippen molar-refractivity contribution in [3.05, 3.63) is 29.0 Å². The third-order valence-corrected chi connectivity index (χ3v) is 3.79. The topological polar surface area (TPSA) is 41.1 Å². The van der Waals surface area contributed by atoms with Gasteiger partial charge in [-0.1, -0.05) is 11.6 Å². The molecule has 1 unspecified atom stereocenters. The molecule has 1 heterocycles. The number of hydrogen-bond acceptors (Lipinski definition) is 3. The molecule has 0 aromatic heterocycles. The second-order valence-corrected chi connectivity index (χ2v) is 5.26. The second-order valence-electron chi connectivity index (χ2n) is 3.70. The minimum Gasteiger partial charge on any atom is -0.325 e. The van der Waals surface area contributed by atoms with Crippen LogP contribution >= 0.6 is 23.4 Å². The fraction of sp³-hybridized carbons (Fsp3) is 0.364. The van der Waals surface area contributed by atoms with Crippen LogP contribution in [-0.2, 0) is 4.79 Å². The van der Waals surface area contributed by atoms with E-state index < -0.39 is 5.82 Å². The molecule has 1 amide bonds. The van der Waals surface area contributed by atoms with Gasteiger partial charge in [0.05, 0.1) is 11.1 Å². The zero-order valence-electron chi connectivity index (χ0n) is 9.00. The number of amides is 1. The molecule has 0 bridgehead atoms. The van der Waals surface area contributed by atoms with E-state index in [2.05, 4.69) is 10.6 Å². The predicted molar refractivity (Wildman–Crippen MR) is 69.2 cm³/mol. The second kappa shape index (κ2) is 5.71. The molecular weight excluding hydrogens is 263 g/mol. The van der Waals surface area contributed by atoms with Crippen molar-refractivity contribution in [2.45, 2.75) is 6.04 Å². The van der Waals surface area contributed by atoms with E-state index >= 15 is 0 Å². The predicted octanol–water partition coefficient (Wildman–Crippen LogP) is 2.12. The fourth-order valence-electron chi connectivity index (χ4n) is 1.54. The van der Waals surface area contributed by atoms with Crippen molar-refractivity contribution in [1.82, 2.24) is 5.32 Å². The summed E-state index contributed by atoms with van der Waals surface area (Å²) in [5.74, 6) is 1.08. The fourth-order valence-corrected chi connectivity index (χ4v) is 2.59. The SMILES string of the molecule is O=C(Nc1ccc(Cl)c(F)c1)C1CSCCN1. The van der Waals surface area contributed by atoms with E-state index in [1.165, 1.54) is 12.1 Å². The summed E-state index contributed by atoms with van der Waals surface area (Å²) in [6.45, 7) is 0.817. The third kappa shape index (κ3) is 3.34. The number of carbonyl (C=O) groups is 1. The summed E-state index contributed by atoms with van der Waals surface area (Å²) >= 11 is 7.29. The van der Waals surface area contributed by atoms with Crippen molar-refractivity contribution in [1.29, 1.82) is 0 Å². The van der Waals surface area contributed by atoms with Crippen LogP contribution in [0.15, 0.2) is 18.2 Å². The van der Waals surface area contributed by atoms with E-state index in [0.29, 0.717) is 5.69 Å². The highest BCUT2D eigenvalue weighted by atomic mass is 35.5. The van der Waals surface area contributed by atoms with Crippen molar-refractivity contribution >= 4 is 35.0 Å². The van der Waals surface area contributed by atoms with Crippen molar-refractivity contribution < 1.29 is 9.18 Å². The van der Waals surface area contributed by atoms with Crippen LogP contribution < -0.4 is 10.6 Å². The molecule has 92 valence electrons. The first-order chi connectivity index (χ1) is 8.16. The number of halogens is 2. The van der Waals surface area contributed by atoms with Gasteiger partial charge in [0.25, 0.3) is 0 Å². The summed E-state index contributed by atoms with van der Waals surface area (Å²) < 4.78 is 13.2. The first-order valence-corrected chi connectivity index (χ1v) is 6.77. The lowest BCUT2D eigenvalue weighted by Crippen LogP contribution is -2.46. The number of benzene rings is 1. The Kier molecular flexibility index (Phi) is 4.25. The Morgan fingerprint density at radius 3 is 3.06 bits per heavy atom.